The van der Waals surface area contributed by atoms with Gasteiger partial charge in [0.25, 0.3) is 0 Å². The van der Waals surface area contributed by atoms with Crippen LogP contribution in [-0.2, 0) is 0 Å². The van der Waals surface area contributed by atoms with Crippen LogP contribution in [0.2, 0.25) is 0 Å². The lowest BCUT2D eigenvalue weighted by Gasteiger charge is -2.34. The minimum atomic E-state index is -4.12. The van der Waals surface area contributed by atoms with E-state index < -0.39 is 12.1 Å². The van der Waals surface area contributed by atoms with Gasteiger partial charge in [-0.2, -0.15) is 13.2 Å². The molecule has 1 atom stereocenters. The Kier molecular flexibility index (Phi) is 3.42. The highest BCUT2D eigenvalue weighted by Crippen LogP contribution is 2.36. The van der Waals surface area contributed by atoms with Gasteiger partial charge in [-0.25, -0.2) is 0 Å². The van der Waals surface area contributed by atoms with Crippen LogP contribution in [0.1, 0.15) is 22.5 Å². The molecule has 2 nitrogen and oxygen atoms in total. The van der Waals surface area contributed by atoms with Crippen molar-refractivity contribution in [2.75, 3.05) is 18.0 Å². The molecule has 0 aromatic carbocycles. The average molecular weight is 263 g/mol. The minimum absolute atomic E-state index is 0.00229. The van der Waals surface area contributed by atoms with Gasteiger partial charge in [-0.15, -0.1) is 11.3 Å². The molecule has 1 aliphatic rings. The molecule has 0 bridgehead atoms. The van der Waals surface area contributed by atoms with E-state index >= 15 is 0 Å². The van der Waals surface area contributed by atoms with Crippen molar-refractivity contribution < 1.29 is 18.0 Å². The lowest BCUT2D eigenvalue weighted by atomic mass is 9.98. The van der Waals surface area contributed by atoms with Crippen LogP contribution in [-0.4, -0.2) is 25.6 Å². The molecule has 1 saturated heterocycles. The van der Waals surface area contributed by atoms with E-state index in [9.17, 15) is 18.0 Å². The zero-order chi connectivity index (χ0) is 12.5. The van der Waals surface area contributed by atoms with Crippen LogP contribution in [0.5, 0.6) is 0 Å². The number of nitrogens with zero attached hydrogens (tertiary/aromatic N) is 1. The zero-order valence-corrected chi connectivity index (χ0v) is 9.85. The average Bonchev–Trinajstić information content (AvgIpc) is 2.76. The summed E-state index contributed by atoms with van der Waals surface area (Å²) in [7, 11) is 0. The number of piperidine rings is 1. The van der Waals surface area contributed by atoms with Crippen molar-refractivity contribution in [1.29, 1.82) is 0 Å². The third-order valence-corrected chi connectivity index (χ3v) is 4.00. The van der Waals surface area contributed by atoms with Crippen LogP contribution in [0.4, 0.5) is 18.2 Å². The highest BCUT2D eigenvalue weighted by molar-refractivity contribution is 7.17. The van der Waals surface area contributed by atoms with Crippen molar-refractivity contribution in [3.63, 3.8) is 0 Å². The van der Waals surface area contributed by atoms with Crippen LogP contribution in [0.3, 0.4) is 0 Å². The number of carbonyl (C=O) groups excluding carboxylic acids is 1. The maximum atomic E-state index is 12.6. The number of anilines is 1. The molecule has 0 radical (unpaired) electrons. The fourth-order valence-corrected chi connectivity index (χ4v) is 2.88. The number of rotatable bonds is 2. The summed E-state index contributed by atoms with van der Waals surface area (Å²) in [5.74, 6) is -1.25. The summed E-state index contributed by atoms with van der Waals surface area (Å²) in [5.41, 5.74) is 0. The van der Waals surface area contributed by atoms with Crippen molar-refractivity contribution in [3.8, 4) is 0 Å². The summed E-state index contributed by atoms with van der Waals surface area (Å²) in [5, 5.41) is 0.751. The lowest BCUT2D eigenvalue weighted by Crippen LogP contribution is -2.41. The Morgan fingerprint density at radius 1 is 1.41 bits per heavy atom. The van der Waals surface area contributed by atoms with E-state index in [2.05, 4.69) is 0 Å². The molecule has 1 aliphatic heterocycles. The Hall–Kier alpha value is -1.04. The predicted octanol–water partition coefficient (Wildman–Crippen LogP) is 3.34. The van der Waals surface area contributed by atoms with E-state index in [1.54, 1.807) is 17.0 Å². The Morgan fingerprint density at radius 3 is 2.76 bits per heavy atom. The van der Waals surface area contributed by atoms with Gasteiger partial charge >= 0.3 is 6.18 Å². The maximum Gasteiger partial charge on any atom is 0.393 e. The third-order valence-electron chi connectivity index (χ3n) is 2.92. The first-order chi connectivity index (χ1) is 8.00. The first-order valence-corrected chi connectivity index (χ1v) is 6.19. The molecule has 0 N–H and O–H groups in total. The molecule has 1 aromatic rings. The monoisotopic (exact) mass is 263 g/mol. The highest BCUT2D eigenvalue weighted by atomic mass is 32.1. The molecule has 2 rings (SSSR count). The van der Waals surface area contributed by atoms with Crippen molar-refractivity contribution in [2.45, 2.75) is 19.0 Å². The van der Waals surface area contributed by atoms with E-state index in [-0.39, 0.29) is 13.0 Å². The zero-order valence-electron chi connectivity index (χ0n) is 9.04. The fraction of sp³-hybridized carbons (Fsp3) is 0.545. The van der Waals surface area contributed by atoms with E-state index in [1.807, 2.05) is 0 Å². The highest BCUT2D eigenvalue weighted by Gasteiger charge is 2.41. The molecule has 0 spiro atoms. The molecule has 0 saturated carbocycles. The predicted molar refractivity (Wildman–Crippen MR) is 60.7 cm³/mol. The van der Waals surface area contributed by atoms with Gasteiger partial charge in [0.1, 0.15) is 0 Å². The summed E-state index contributed by atoms with van der Waals surface area (Å²) in [6, 6.07) is 3.36. The third kappa shape index (κ3) is 2.80. The van der Waals surface area contributed by atoms with Gasteiger partial charge in [0.15, 0.2) is 6.29 Å². The molecule has 94 valence electrons. The summed E-state index contributed by atoms with van der Waals surface area (Å²) in [4.78, 5) is 12.8. The number of aldehydes is 1. The second kappa shape index (κ2) is 4.68. The minimum Gasteiger partial charge on any atom is -0.363 e. The number of alkyl halides is 3. The second-order valence-electron chi connectivity index (χ2n) is 4.12. The van der Waals surface area contributed by atoms with Crippen molar-refractivity contribution in [3.05, 3.63) is 17.0 Å². The van der Waals surface area contributed by atoms with Gasteiger partial charge in [0, 0.05) is 13.1 Å². The first kappa shape index (κ1) is 12.4. The van der Waals surface area contributed by atoms with Crippen molar-refractivity contribution in [1.82, 2.24) is 0 Å². The number of thiophene rings is 1. The molecule has 1 unspecified atom stereocenters. The van der Waals surface area contributed by atoms with Gasteiger partial charge in [-0.05, 0) is 25.0 Å². The summed E-state index contributed by atoms with van der Waals surface area (Å²) >= 11 is 1.24. The molecule has 2 heterocycles. The van der Waals surface area contributed by atoms with E-state index in [1.165, 1.54) is 11.3 Å². The molecule has 17 heavy (non-hydrogen) atoms. The standard InChI is InChI=1S/C11H12F3NOS/c12-11(13,14)8-2-1-5-15(6-8)10-4-3-9(7-16)17-10/h3-4,7-8H,1-2,5-6H2. The molecule has 6 heteroatoms. The van der Waals surface area contributed by atoms with E-state index in [4.69, 9.17) is 0 Å². The molecular formula is C11H12F3NOS. The number of hydrogen-bond donors (Lipinski definition) is 0. The normalized spacial score (nSPS) is 21.6. The Morgan fingerprint density at radius 2 is 2.18 bits per heavy atom. The Labute approximate surface area is 101 Å². The van der Waals surface area contributed by atoms with Crippen LogP contribution in [0, 0.1) is 5.92 Å². The Balaban J connectivity index is 2.09. The van der Waals surface area contributed by atoms with Crippen molar-refractivity contribution >= 4 is 22.6 Å². The second-order valence-corrected chi connectivity index (χ2v) is 5.21. The van der Waals surface area contributed by atoms with Gasteiger partial charge < -0.3 is 4.90 Å². The first-order valence-electron chi connectivity index (χ1n) is 5.37. The SMILES string of the molecule is O=Cc1ccc(N2CCCC(C(F)(F)F)C2)s1. The lowest BCUT2D eigenvalue weighted by molar-refractivity contribution is -0.175. The largest absolute Gasteiger partial charge is 0.393 e. The maximum absolute atomic E-state index is 12.6. The fourth-order valence-electron chi connectivity index (χ4n) is 2.02. The summed E-state index contributed by atoms with van der Waals surface area (Å²) < 4.78 is 37.9. The quantitative estimate of drug-likeness (QED) is 0.763. The molecule has 0 aliphatic carbocycles. The molecule has 1 fully saturated rings. The van der Waals surface area contributed by atoms with Crippen LogP contribution in [0.25, 0.3) is 0 Å². The number of hydrogen-bond acceptors (Lipinski definition) is 3. The smallest absolute Gasteiger partial charge is 0.363 e. The van der Waals surface area contributed by atoms with Gasteiger partial charge in [0.05, 0.1) is 15.8 Å². The van der Waals surface area contributed by atoms with Crippen LogP contribution in [0.15, 0.2) is 12.1 Å². The molecular weight excluding hydrogens is 251 g/mol. The molecule has 1 aromatic heterocycles. The summed E-state index contributed by atoms with van der Waals surface area (Å²) in [6.45, 7) is 0.633. The van der Waals surface area contributed by atoms with E-state index in [0.717, 1.165) is 11.3 Å². The van der Waals surface area contributed by atoms with E-state index in [0.29, 0.717) is 17.8 Å². The topological polar surface area (TPSA) is 20.3 Å². The molecule has 0 amide bonds. The van der Waals surface area contributed by atoms with Gasteiger partial charge in [-0.3, -0.25) is 4.79 Å². The van der Waals surface area contributed by atoms with Crippen LogP contribution >= 0.6 is 11.3 Å². The number of carbonyl (C=O) groups is 1. The van der Waals surface area contributed by atoms with Gasteiger partial charge in [-0.1, -0.05) is 0 Å². The van der Waals surface area contributed by atoms with Crippen molar-refractivity contribution in [2.24, 2.45) is 5.92 Å². The van der Waals surface area contributed by atoms with Gasteiger partial charge in [0.2, 0.25) is 0 Å². The summed E-state index contributed by atoms with van der Waals surface area (Å²) in [6.07, 6.45) is -2.66. The van der Waals surface area contributed by atoms with Crippen LogP contribution < -0.4 is 4.90 Å². The number of halogens is 3. The Bertz CT molecular complexity index is 402.